The molecule has 1 aromatic carbocycles. The van der Waals surface area contributed by atoms with Crippen molar-refractivity contribution in [3.8, 4) is 0 Å². The monoisotopic (exact) mass is 380 g/mol. The summed E-state index contributed by atoms with van der Waals surface area (Å²) in [6, 6.07) is 8.69. The van der Waals surface area contributed by atoms with Gasteiger partial charge < -0.3 is 10.6 Å². The molecule has 0 bridgehead atoms. The molecule has 0 spiro atoms. The van der Waals surface area contributed by atoms with Gasteiger partial charge in [-0.25, -0.2) is 8.42 Å². The van der Waals surface area contributed by atoms with E-state index in [-0.39, 0.29) is 11.7 Å². The highest BCUT2D eigenvalue weighted by atomic mass is 32.2. The number of carbonyl (C=O) groups excluding carboxylic acids is 2. The average Bonchev–Trinajstić information content (AvgIpc) is 2.80. The van der Waals surface area contributed by atoms with Crippen LogP contribution in [0.2, 0.25) is 0 Å². The smallest absolute Gasteiger partial charge is 0.254 e. The van der Waals surface area contributed by atoms with E-state index < -0.39 is 21.5 Å². The SMILES string of the molecule is CNC(=O)c1c(NC(=O)CS(=O)(=O)Cc2ccccc2)sc(C)c1C. The molecule has 134 valence electrons. The van der Waals surface area contributed by atoms with Crippen molar-refractivity contribution < 1.29 is 18.0 Å². The van der Waals surface area contributed by atoms with Gasteiger partial charge in [0.05, 0.1) is 11.3 Å². The maximum atomic E-state index is 12.2. The van der Waals surface area contributed by atoms with Crippen LogP contribution in [-0.4, -0.2) is 33.0 Å². The first kappa shape index (κ1) is 19.1. The summed E-state index contributed by atoms with van der Waals surface area (Å²) in [6.45, 7) is 3.63. The molecule has 2 N–H and O–H groups in total. The second-order valence-electron chi connectivity index (χ2n) is 5.63. The Balaban J connectivity index is 2.13. The molecule has 2 amide bonds. The van der Waals surface area contributed by atoms with E-state index in [2.05, 4.69) is 10.6 Å². The topological polar surface area (TPSA) is 92.3 Å². The van der Waals surface area contributed by atoms with Crippen molar-refractivity contribution in [1.29, 1.82) is 0 Å². The second-order valence-corrected chi connectivity index (χ2v) is 8.92. The van der Waals surface area contributed by atoms with E-state index >= 15 is 0 Å². The van der Waals surface area contributed by atoms with Crippen molar-refractivity contribution in [3.05, 3.63) is 51.9 Å². The van der Waals surface area contributed by atoms with E-state index in [9.17, 15) is 18.0 Å². The van der Waals surface area contributed by atoms with Gasteiger partial charge in [-0.3, -0.25) is 9.59 Å². The van der Waals surface area contributed by atoms with Crippen LogP contribution >= 0.6 is 11.3 Å². The Morgan fingerprint density at radius 2 is 1.76 bits per heavy atom. The second kappa shape index (κ2) is 7.79. The Morgan fingerprint density at radius 1 is 1.12 bits per heavy atom. The maximum Gasteiger partial charge on any atom is 0.254 e. The van der Waals surface area contributed by atoms with Crippen molar-refractivity contribution in [2.45, 2.75) is 19.6 Å². The van der Waals surface area contributed by atoms with E-state index in [1.165, 1.54) is 18.4 Å². The normalized spacial score (nSPS) is 11.2. The molecule has 6 nitrogen and oxygen atoms in total. The van der Waals surface area contributed by atoms with Crippen molar-refractivity contribution in [2.24, 2.45) is 0 Å². The number of sulfone groups is 1. The predicted octanol–water partition coefficient (Wildman–Crippen LogP) is 2.28. The number of amides is 2. The Morgan fingerprint density at radius 3 is 2.36 bits per heavy atom. The molecule has 0 aliphatic heterocycles. The fourth-order valence-corrected chi connectivity index (χ4v) is 4.70. The molecule has 2 aromatic rings. The van der Waals surface area contributed by atoms with Gasteiger partial charge in [-0.2, -0.15) is 0 Å². The highest BCUT2D eigenvalue weighted by Gasteiger charge is 2.23. The zero-order valence-electron chi connectivity index (χ0n) is 14.3. The minimum atomic E-state index is -3.60. The molecule has 0 aliphatic carbocycles. The number of hydrogen-bond acceptors (Lipinski definition) is 5. The third-order valence-corrected chi connectivity index (χ3v) is 6.27. The van der Waals surface area contributed by atoms with Gasteiger partial charge in [-0.15, -0.1) is 11.3 Å². The van der Waals surface area contributed by atoms with Crippen molar-refractivity contribution in [3.63, 3.8) is 0 Å². The van der Waals surface area contributed by atoms with Gasteiger partial charge >= 0.3 is 0 Å². The van der Waals surface area contributed by atoms with Gasteiger partial charge in [0, 0.05) is 11.9 Å². The van der Waals surface area contributed by atoms with Gasteiger partial charge in [0.2, 0.25) is 5.91 Å². The minimum Gasteiger partial charge on any atom is -0.355 e. The number of carbonyl (C=O) groups is 2. The minimum absolute atomic E-state index is 0.202. The molecule has 25 heavy (non-hydrogen) atoms. The van der Waals surface area contributed by atoms with Gasteiger partial charge in [0.1, 0.15) is 10.8 Å². The number of aryl methyl sites for hydroxylation is 1. The van der Waals surface area contributed by atoms with Gasteiger partial charge in [-0.1, -0.05) is 30.3 Å². The Hall–Kier alpha value is -2.19. The number of benzene rings is 1. The first-order valence-electron chi connectivity index (χ1n) is 7.59. The number of anilines is 1. The first-order chi connectivity index (χ1) is 11.7. The molecule has 0 saturated carbocycles. The van der Waals surface area contributed by atoms with Crippen LogP contribution in [0.15, 0.2) is 30.3 Å². The van der Waals surface area contributed by atoms with Crippen LogP contribution in [-0.2, 0) is 20.4 Å². The quantitative estimate of drug-likeness (QED) is 0.804. The van der Waals surface area contributed by atoms with Crippen LogP contribution in [0.5, 0.6) is 0 Å². The summed E-state index contributed by atoms with van der Waals surface area (Å²) < 4.78 is 24.4. The van der Waals surface area contributed by atoms with Crippen molar-refractivity contribution in [1.82, 2.24) is 5.32 Å². The summed E-state index contributed by atoms with van der Waals surface area (Å²) in [5, 5.41) is 5.47. The largest absolute Gasteiger partial charge is 0.355 e. The van der Waals surface area contributed by atoms with Gasteiger partial charge in [0.25, 0.3) is 5.91 Å². The van der Waals surface area contributed by atoms with Crippen LogP contribution in [0.1, 0.15) is 26.4 Å². The third kappa shape index (κ3) is 4.90. The molecule has 0 atom stereocenters. The lowest BCUT2D eigenvalue weighted by Gasteiger charge is -2.07. The lowest BCUT2D eigenvalue weighted by molar-refractivity contribution is -0.113. The molecule has 0 radical (unpaired) electrons. The van der Waals surface area contributed by atoms with Gasteiger partial charge in [0.15, 0.2) is 9.84 Å². The summed E-state index contributed by atoms with van der Waals surface area (Å²) in [7, 11) is -2.10. The lowest BCUT2D eigenvalue weighted by Crippen LogP contribution is -2.25. The molecule has 1 heterocycles. The Bertz CT molecular complexity index is 887. The summed E-state index contributed by atoms with van der Waals surface area (Å²) in [5.74, 6) is -1.80. The van der Waals surface area contributed by atoms with Crippen molar-refractivity contribution >= 4 is 38.0 Å². The molecule has 2 rings (SSSR count). The van der Waals surface area contributed by atoms with E-state index in [4.69, 9.17) is 0 Å². The molecule has 0 aliphatic rings. The highest BCUT2D eigenvalue weighted by molar-refractivity contribution is 7.91. The first-order valence-corrected chi connectivity index (χ1v) is 10.2. The van der Waals surface area contributed by atoms with E-state index in [0.29, 0.717) is 16.1 Å². The van der Waals surface area contributed by atoms with Crippen molar-refractivity contribution in [2.75, 3.05) is 18.1 Å². The lowest BCUT2D eigenvalue weighted by atomic mass is 10.1. The summed E-state index contributed by atoms with van der Waals surface area (Å²) in [6.07, 6.45) is 0. The molecular weight excluding hydrogens is 360 g/mol. The summed E-state index contributed by atoms with van der Waals surface area (Å²) in [4.78, 5) is 25.1. The fraction of sp³-hybridized carbons (Fsp3) is 0.294. The van der Waals surface area contributed by atoms with E-state index in [1.807, 2.05) is 6.92 Å². The number of hydrogen-bond donors (Lipinski definition) is 2. The number of thiophene rings is 1. The average molecular weight is 380 g/mol. The standard InChI is InChI=1S/C17H20N2O4S2/c1-11-12(2)24-17(15(11)16(21)18-3)19-14(20)10-25(22,23)9-13-7-5-4-6-8-13/h4-8H,9-10H2,1-3H3,(H,18,21)(H,19,20). The highest BCUT2D eigenvalue weighted by Crippen LogP contribution is 2.32. The van der Waals surface area contributed by atoms with E-state index in [1.54, 1.807) is 37.3 Å². The molecule has 0 unspecified atom stereocenters. The predicted molar refractivity (Wildman–Crippen MR) is 99.7 cm³/mol. The number of nitrogens with one attached hydrogen (secondary N) is 2. The van der Waals surface area contributed by atoms with E-state index in [0.717, 1.165) is 10.4 Å². The maximum absolute atomic E-state index is 12.2. The third-order valence-electron chi connectivity index (χ3n) is 3.67. The number of rotatable bonds is 6. The molecular formula is C17H20N2O4S2. The summed E-state index contributed by atoms with van der Waals surface area (Å²) >= 11 is 1.26. The van der Waals surface area contributed by atoms with Crippen LogP contribution in [0, 0.1) is 13.8 Å². The van der Waals surface area contributed by atoms with Crippen LogP contribution < -0.4 is 10.6 Å². The Kier molecular flexibility index (Phi) is 5.97. The molecule has 0 fully saturated rings. The molecule has 1 aromatic heterocycles. The fourth-order valence-electron chi connectivity index (χ4n) is 2.36. The van der Waals surface area contributed by atoms with Crippen LogP contribution in [0.25, 0.3) is 0 Å². The Labute approximate surface area is 151 Å². The molecule has 8 heteroatoms. The zero-order chi connectivity index (χ0) is 18.6. The zero-order valence-corrected chi connectivity index (χ0v) is 15.9. The van der Waals surface area contributed by atoms with Gasteiger partial charge in [-0.05, 0) is 25.0 Å². The summed E-state index contributed by atoms with van der Waals surface area (Å²) in [5.41, 5.74) is 1.77. The van der Waals surface area contributed by atoms with Crippen LogP contribution in [0.3, 0.4) is 0 Å². The molecule has 0 saturated heterocycles. The van der Waals surface area contributed by atoms with Crippen LogP contribution in [0.4, 0.5) is 5.00 Å².